The Morgan fingerprint density at radius 1 is 1.05 bits per heavy atom. The summed E-state index contributed by atoms with van der Waals surface area (Å²) in [5, 5.41) is 2.98. The van der Waals surface area contributed by atoms with Gasteiger partial charge in [0.05, 0.1) is 28.6 Å². The minimum atomic E-state index is -4.72. The number of carbonyl (C=O) groups excluding carboxylic acids is 2. The minimum absolute atomic E-state index is 0.0356. The summed E-state index contributed by atoms with van der Waals surface area (Å²) in [6.07, 6.45) is -0.273. The summed E-state index contributed by atoms with van der Waals surface area (Å²) in [6, 6.07) is 12.7. The first kappa shape index (κ1) is 31.2. The molecule has 0 bridgehead atoms. The van der Waals surface area contributed by atoms with Gasteiger partial charge in [0.2, 0.25) is 11.9 Å². The van der Waals surface area contributed by atoms with Gasteiger partial charge < -0.3 is 20.7 Å². The van der Waals surface area contributed by atoms with Gasteiger partial charge >= 0.3 is 12.3 Å². The summed E-state index contributed by atoms with van der Waals surface area (Å²) in [4.78, 5) is 39.5. The van der Waals surface area contributed by atoms with Gasteiger partial charge in [0.15, 0.2) is 0 Å². The van der Waals surface area contributed by atoms with Gasteiger partial charge in [0, 0.05) is 36.8 Å². The van der Waals surface area contributed by atoms with Crippen LogP contribution in [0, 0.1) is 5.41 Å². The molecular weight excluding hydrogens is 573 g/mol. The maximum atomic E-state index is 14.2. The first-order valence-electron chi connectivity index (χ1n) is 14.7. The number of alkyl halides is 3. The molecule has 1 saturated carbocycles. The van der Waals surface area contributed by atoms with Gasteiger partial charge in [0.25, 0.3) is 0 Å². The quantitative estimate of drug-likeness (QED) is 0.305. The van der Waals surface area contributed by atoms with E-state index in [1.54, 1.807) is 29.3 Å². The average molecular weight is 611 g/mol. The normalized spacial score (nSPS) is 17.5. The van der Waals surface area contributed by atoms with Crippen molar-refractivity contribution < 1.29 is 27.5 Å². The van der Waals surface area contributed by atoms with Crippen LogP contribution in [0.4, 0.5) is 29.6 Å². The number of piperidine rings is 1. The zero-order valence-electron chi connectivity index (χ0n) is 25.0. The number of hydrogen-bond donors (Lipinski definition) is 2. The van der Waals surface area contributed by atoms with E-state index in [4.69, 9.17) is 10.5 Å². The highest BCUT2D eigenvalue weighted by Gasteiger charge is 2.57. The van der Waals surface area contributed by atoms with E-state index < -0.39 is 34.6 Å². The Morgan fingerprint density at radius 3 is 2.27 bits per heavy atom. The van der Waals surface area contributed by atoms with Crippen molar-refractivity contribution in [2.75, 3.05) is 18.4 Å². The topological polar surface area (TPSA) is 123 Å². The van der Waals surface area contributed by atoms with Gasteiger partial charge in [-0.25, -0.2) is 14.8 Å². The molecule has 12 heteroatoms. The molecule has 1 unspecified atom stereocenters. The van der Waals surface area contributed by atoms with E-state index >= 15 is 0 Å². The van der Waals surface area contributed by atoms with E-state index in [2.05, 4.69) is 20.3 Å². The zero-order valence-corrected chi connectivity index (χ0v) is 25.0. The Labute approximate surface area is 254 Å². The highest BCUT2D eigenvalue weighted by Crippen LogP contribution is 2.58. The number of nitrogens with zero attached hydrogens (tertiary/aromatic N) is 4. The third-order valence-corrected chi connectivity index (χ3v) is 8.29. The van der Waals surface area contributed by atoms with Crippen LogP contribution in [0.3, 0.4) is 0 Å². The molecule has 2 amide bonds. The Kier molecular flexibility index (Phi) is 8.55. The number of carbonyl (C=O) groups is 2. The van der Waals surface area contributed by atoms with Crippen molar-refractivity contribution in [2.24, 2.45) is 11.1 Å². The van der Waals surface area contributed by atoms with Crippen LogP contribution in [0.1, 0.15) is 80.8 Å². The maximum absolute atomic E-state index is 14.2. The summed E-state index contributed by atoms with van der Waals surface area (Å²) < 4.78 is 48.1. The Bertz CT molecular complexity index is 1480. The van der Waals surface area contributed by atoms with Crippen molar-refractivity contribution in [1.29, 1.82) is 0 Å². The van der Waals surface area contributed by atoms with Crippen molar-refractivity contribution in [2.45, 2.75) is 76.5 Å². The molecule has 3 aromatic rings. The number of likely N-dealkylation sites (tertiary alicyclic amines) is 1. The number of amides is 2. The largest absolute Gasteiger partial charge is 0.444 e. The number of hydrogen-bond acceptors (Lipinski definition) is 7. The Morgan fingerprint density at radius 2 is 1.73 bits per heavy atom. The molecule has 2 fully saturated rings. The first-order chi connectivity index (χ1) is 20.7. The summed E-state index contributed by atoms with van der Waals surface area (Å²) in [5.74, 6) is -1.39. The molecule has 5 rings (SSSR count). The van der Waals surface area contributed by atoms with Crippen LogP contribution in [-0.2, 0) is 22.1 Å². The number of ether oxygens (including phenoxy) is 1. The number of nitrogens with one attached hydrogen (secondary N) is 1. The lowest BCUT2D eigenvalue weighted by atomic mass is 9.79. The highest BCUT2D eigenvalue weighted by atomic mass is 19.4. The van der Waals surface area contributed by atoms with Gasteiger partial charge in [-0.05, 0) is 70.6 Å². The fourth-order valence-corrected chi connectivity index (χ4v) is 5.78. The van der Waals surface area contributed by atoms with Crippen molar-refractivity contribution in [3.8, 4) is 0 Å². The SMILES string of the molecule is CC(C)(C)OC(=O)N1CCC(c2ccc(Nc3ncc(C(F)(F)F)c(C(Cc4ccccc4)C4(C(N)=O)CC4)n3)cn2)CC1. The maximum Gasteiger partial charge on any atom is 0.419 e. The number of pyridine rings is 1. The molecule has 0 radical (unpaired) electrons. The van der Waals surface area contributed by atoms with Crippen LogP contribution < -0.4 is 11.1 Å². The standard InChI is InChI=1S/C32H37F3N6O3/c1-30(2,3)44-29(43)41-15-11-21(12-16-41)25-10-9-22(18-37-25)39-28-38-19-24(32(33,34)35)26(40-28)23(31(13-14-31)27(36)42)17-20-7-5-4-6-8-20/h4-10,18-19,21,23H,11-17H2,1-3H3,(H2,36,42)(H,38,39,40). The summed E-state index contributed by atoms with van der Waals surface area (Å²) in [5.41, 5.74) is 4.99. The number of primary amides is 1. The summed E-state index contributed by atoms with van der Waals surface area (Å²) in [7, 11) is 0. The molecule has 1 aromatic carbocycles. The smallest absolute Gasteiger partial charge is 0.419 e. The molecule has 0 spiro atoms. The molecule has 1 atom stereocenters. The van der Waals surface area contributed by atoms with E-state index in [9.17, 15) is 22.8 Å². The number of nitrogens with two attached hydrogens (primary N) is 1. The molecule has 9 nitrogen and oxygen atoms in total. The molecule has 2 aliphatic rings. The molecule has 1 saturated heterocycles. The molecule has 3 heterocycles. The lowest BCUT2D eigenvalue weighted by molar-refractivity contribution is -0.139. The van der Waals surface area contributed by atoms with E-state index in [1.807, 2.05) is 45.0 Å². The molecule has 44 heavy (non-hydrogen) atoms. The van der Waals surface area contributed by atoms with Gasteiger partial charge in [-0.2, -0.15) is 13.2 Å². The van der Waals surface area contributed by atoms with Crippen molar-refractivity contribution in [1.82, 2.24) is 19.9 Å². The molecule has 1 aliphatic carbocycles. The fourth-order valence-electron chi connectivity index (χ4n) is 5.78. The molecule has 234 valence electrons. The van der Waals surface area contributed by atoms with Crippen LogP contribution in [0.2, 0.25) is 0 Å². The minimum Gasteiger partial charge on any atom is -0.444 e. The van der Waals surface area contributed by atoms with Crippen molar-refractivity contribution in [3.63, 3.8) is 0 Å². The van der Waals surface area contributed by atoms with Crippen LogP contribution in [0.25, 0.3) is 0 Å². The summed E-state index contributed by atoms with van der Waals surface area (Å²) in [6.45, 7) is 6.62. The number of halogens is 3. The predicted molar refractivity (Wildman–Crippen MR) is 158 cm³/mol. The average Bonchev–Trinajstić information content (AvgIpc) is 3.78. The van der Waals surface area contributed by atoms with Crippen LogP contribution in [0.5, 0.6) is 0 Å². The van der Waals surface area contributed by atoms with Crippen LogP contribution >= 0.6 is 0 Å². The van der Waals surface area contributed by atoms with Gasteiger partial charge in [0.1, 0.15) is 5.60 Å². The Hall–Kier alpha value is -4.22. The molecule has 2 aromatic heterocycles. The van der Waals surface area contributed by atoms with E-state index in [0.29, 0.717) is 31.6 Å². The molecule has 1 aliphatic heterocycles. The second-order valence-corrected chi connectivity index (χ2v) is 12.6. The lowest BCUT2D eigenvalue weighted by Gasteiger charge is -2.33. The zero-order chi connectivity index (χ0) is 31.7. The van der Waals surface area contributed by atoms with E-state index in [1.165, 1.54) is 0 Å². The van der Waals surface area contributed by atoms with Gasteiger partial charge in [-0.1, -0.05) is 30.3 Å². The van der Waals surface area contributed by atoms with Crippen molar-refractivity contribution >= 4 is 23.6 Å². The van der Waals surface area contributed by atoms with Gasteiger partial charge in [-0.15, -0.1) is 0 Å². The van der Waals surface area contributed by atoms with Crippen molar-refractivity contribution in [3.05, 3.63) is 77.4 Å². The van der Waals surface area contributed by atoms with Gasteiger partial charge in [-0.3, -0.25) is 9.78 Å². The second-order valence-electron chi connectivity index (χ2n) is 12.6. The van der Waals surface area contributed by atoms with E-state index in [0.717, 1.165) is 30.3 Å². The number of rotatable bonds is 8. The second kappa shape index (κ2) is 12.0. The van der Waals surface area contributed by atoms with Crippen LogP contribution in [-0.4, -0.2) is 50.5 Å². The number of anilines is 2. The summed E-state index contributed by atoms with van der Waals surface area (Å²) >= 11 is 0. The third kappa shape index (κ3) is 7.11. The third-order valence-electron chi connectivity index (χ3n) is 8.29. The Balaban J connectivity index is 1.34. The fraction of sp³-hybridized carbons (Fsp3) is 0.469. The van der Waals surface area contributed by atoms with E-state index in [-0.39, 0.29) is 30.1 Å². The predicted octanol–water partition coefficient (Wildman–Crippen LogP) is 6.34. The monoisotopic (exact) mass is 610 g/mol. The van der Waals surface area contributed by atoms with Crippen LogP contribution in [0.15, 0.2) is 54.9 Å². The number of aromatic nitrogens is 3. The highest BCUT2D eigenvalue weighted by molar-refractivity contribution is 5.85. The molecule has 3 N–H and O–H groups in total. The lowest BCUT2D eigenvalue weighted by Crippen LogP contribution is -2.41. The first-order valence-corrected chi connectivity index (χ1v) is 14.7. The molecular formula is C32H37F3N6O3. The number of benzene rings is 1.